The second-order valence-electron chi connectivity index (χ2n) is 9.43. The lowest BCUT2D eigenvalue weighted by Crippen LogP contribution is -2.40. The van der Waals surface area contributed by atoms with Gasteiger partial charge in [0, 0.05) is 5.56 Å². The Hall–Kier alpha value is -4.38. The molecular weight excluding hydrogens is 627 g/mol. The van der Waals surface area contributed by atoms with Crippen LogP contribution < -0.4 is 24.4 Å². The number of carbonyl (C=O) groups is 2. The molecule has 9 nitrogen and oxygen atoms in total. The van der Waals surface area contributed by atoms with Gasteiger partial charge in [-0.2, -0.15) is 0 Å². The number of halogens is 2. The Labute approximate surface area is 265 Å². The summed E-state index contributed by atoms with van der Waals surface area (Å²) in [5, 5.41) is 9.10. The number of esters is 1. The fourth-order valence-corrected chi connectivity index (χ4v) is 6.37. The van der Waals surface area contributed by atoms with E-state index in [0.29, 0.717) is 44.1 Å². The number of rotatable bonds is 10. The number of aromatic nitrogens is 1. The van der Waals surface area contributed by atoms with Crippen molar-refractivity contribution in [3.63, 3.8) is 0 Å². The summed E-state index contributed by atoms with van der Waals surface area (Å²) in [6, 6.07) is 18.6. The fourth-order valence-electron chi connectivity index (χ4n) is 4.75. The molecule has 1 N–H and O–H groups in total. The van der Waals surface area contributed by atoms with Gasteiger partial charge in [-0.05, 0) is 55.3 Å². The van der Waals surface area contributed by atoms with E-state index in [4.69, 9.17) is 47.5 Å². The number of thiazole rings is 1. The zero-order valence-electron chi connectivity index (χ0n) is 23.6. The number of fused-ring (bicyclic) bond motifs is 1. The molecule has 0 unspecified atom stereocenters. The summed E-state index contributed by atoms with van der Waals surface area (Å²) in [4.78, 5) is 43.8. The molecule has 0 saturated heterocycles. The highest BCUT2D eigenvalue weighted by molar-refractivity contribution is 7.07. The monoisotopic (exact) mass is 652 g/mol. The Bertz CT molecular complexity index is 1910. The SMILES string of the molecule is CCOC(=O)C1=C(c2ccccc2)N=c2s/c(=C\c3cc(Cl)c(OCC(=O)O)c(Cl)c3)c(=O)n2[C@@H]1c1ccc(OCC)cc1. The Morgan fingerprint density at radius 3 is 2.30 bits per heavy atom. The smallest absolute Gasteiger partial charge is 0.341 e. The van der Waals surface area contributed by atoms with Crippen molar-refractivity contribution in [1.29, 1.82) is 0 Å². The van der Waals surface area contributed by atoms with Crippen LogP contribution in [-0.2, 0) is 14.3 Å². The third-order valence-electron chi connectivity index (χ3n) is 6.54. The predicted molar refractivity (Wildman–Crippen MR) is 168 cm³/mol. The Morgan fingerprint density at radius 2 is 1.68 bits per heavy atom. The van der Waals surface area contributed by atoms with Gasteiger partial charge in [0.2, 0.25) is 0 Å². The molecule has 5 rings (SSSR count). The molecule has 226 valence electrons. The average molecular weight is 654 g/mol. The molecule has 1 atom stereocenters. The quantitative estimate of drug-likeness (QED) is 0.237. The summed E-state index contributed by atoms with van der Waals surface area (Å²) in [5.74, 6) is -1.09. The lowest BCUT2D eigenvalue weighted by molar-refractivity contribution is -0.140. The van der Waals surface area contributed by atoms with E-state index >= 15 is 0 Å². The van der Waals surface area contributed by atoms with Gasteiger partial charge in [-0.1, -0.05) is 77.0 Å². The van der Waals surface area contributed by atoms with Crippen molar-refractivity contribution < 1.29 is 28.9 Å². The molecule has 44 heavy (non-hydrogen) atoms. The summed E-state index contributed by atoms with van der Waals surface area (Å²) in [7, 11) is 0. The van der Waals surface area contributed by atoms with Gasteiger partial charge in [0.05, 0.1) is 45.1 Å². The molecule has 0 fully saturated rings. The third kappa shape index (κ3) is 6.42. The molecule has 3 aromatic carbocycles. The minimum Gasteiger partial charge on any atom is -0.494 e. The van der Waals surface area contributed by atoms with Gasteiger partial charge in [-0.15, -0.1) is 0 Å². The summed E-state index contributed by atoms with van der Waals surface area (Å²) in [6.45, 7) is 3.61. The number of carboxylic acids is 1. The first kappa shape index (κ1) is 31.1. The molecule has 0 aliphatic carbocycles. The number of hydrogen-bond acceptors (Lipinski definition) is 8. The molecule has 0 spiro atoms. The van der Waals surface area contributed by atoms with E-state index in [2.05, 4.69) is 0 Å². The molecule has 2 heterocycles. The summed E-state index contributed by atoms with van der Waals surface area (Å²) < 4.78 is 18.1. The molecule has 0 bridgehead atoms. The molecule has 0 amide bonds. The highest BCUT2D eigenvalue weighted by Crippen LogP contribution is 2.36. The molecule has 1 aromatic heterocycles. The Morgan fingerprint density at radius 1 is 1.00 bits per heavy atom. The van der Waals surface area contributed by atoms with Gasteiger partial charge < -0.3 is 19.3 Å². The molecule has 0 saturated carbocycles. The fraction of sp³-hybridized carbons (Fsp3) is 0.188. The normalized spacial score (nSPS) is 14.5. The molecule has 12 heteroatoms. The van der Waals surface area contributed by atoms with Gasteiger partial charge in [-0.25, -0.2) is 14.6 Å². The van der Waals surface area contributed by atoms with Crippen LogP contribution in [0.5, 0.6) is 11.5 Å². The van der Waals surface area contributed by atoms with E-state index in [0.717, 1.165) is 11.3 Å². The number of aliphatic carboxylic acids is 1. The number of nitrogens with zero attached hydrogens (tertiary/aromatic N) is 2. The van der Waals surface area contributed by atoms with Crippen molar-refractivity contribution in [2.24, 2.45) is 4.99 Å². The van der Waals surface area contributed by atoms with Gasteiger partial charge in [0.25, 0.3) is 5.56 Å². The standard InChI is InChI=1S/C32H26Cl2N2O7S/c1-3-41-21-12-10-20(11-13-21)28-26(31(40)42-4-2)27(19-8-6-5-7-9-19)35-32-36(28)30(39)24(44-32)16-18-14-22(33)29(23(34)15-18)43-17-25(37)38/h5-16,28H,3-4,17H2,1-2H3,(H,37,38)/b24-16-/t28-/m1/s1. The summed E-state index contributed by atoms with van der Waals surface area (Å²) in [5.41, 5.74) is 2.09. The van der Waals surface area contributed by atoms with Crippen LogP contribution in [0.1, 0.15) is 36.6 Å². The lowest BCUT2D eigenvalue weighted by Gasteiger charge is -2.26. The minimum absolute atomic E-state index is 0.0245. The van der Waals surface area contributed by atoms with Crippen molar-refractivity contribution in [1.82, 2.24) is 4.57 Å². The minimum atomic E-state index is -1.18. The third-order valence-corrected chi connectivity index (χ3v) is 8.08. The van der Waals surface area contributed by atoms with Crippen molar-refractivity contribution in [2.45, 2.75) is 19.9 Å². The maximum atomic E-state index is 14.1. The van der Waals surface area contributed by atoms with Gasteiger partial charge >= 0.3 is 11.9 Å². The van der Waals surface area contributed by atoms with Crippen molar-refractivity contribution in [3.05, 3.63) is 119 Å². The van der Waals surface area contributed by atoms with Crippen molar-refractivity contribution >= 4 is 58.3 Å². The topological polar surface area (TPSA) is 116 Å². The number of ether oxygens (including phenoxy) is 3. The van der Waals surface area contributed by atoms with Crippen LogP contribution in [-0.4, -0.2) is 41.4 Å². The van der Waals surface area contributed by atoms with E-state index in [-0.39, 0.29) is 33.5 Å². The van der Waals surface area contributed by atoms with Crippen LogP contribution in [0, 0.1) is 0 Å². The molecule has 4 aromatic rings. The van der Waals surface area contributed by atoms with Crippen LogP contribution in [0.15, 0.2) is 82.1 Å². The van der Waals surface area contributed by atoms with E-state index in [9.17, 15) is 14.4 Å². The summed E-state index contributed by atoms with van der Waals surface area (Å²) in [6.07, 6.45) is 1.61. The second-order valence-corrected chi connectivity index (χ2v) is 11.3. The largest absolute Gasteiger partial charge is 0.494 e. The maximum absolute atomic E-state index is 14.1. The predicted octanol–water partition coefficient (Wildman–Crippen LogP) is 5.10. The highest BCUT2D eigenvalue weighted by atomic mass is 35.5. The molecule has 1 aliphatic heterocycles. The Balaban J connectivity index is 1.73. The number of carboxylic acid groups (broad SMARTS) is 1. The van der Waals surface area contributed by atoms with Crippen LogP contribution in [0.3, 0.4) is 0 Å². The van der Waals surface area contributed by atoms with Gasteiger partial charge in [0.15, 0.2) is 17.2 Å². The number of hydrogen-bond donors (Lipinski definition) is 1. The first-order valence-electron chi connectivity index (χ1n) is 13.6. The van der Waals surface area contributed by atoms with E-state index < -0.39 is 24.6 Å². The average Bonchev–Trinajstić information content (AvgIpc) is 3.31. The van der Waals surface area contributed by atoms with Gasteiger partial charge in [-0.3, -0.25) is 9.36 Å². The first-order valence-corrected chi connectivity index (χ1v) is 15.1. The van der Waals surface area contributed by atoms with Crippen LogP contribution in [0.4, 0.5) is 0 Å². The Kier molecular flexibility index (Phi) is 9.53. The zero-order valence-corrected chi connectivity index (χ0v) is 25.9. The summed E-state index contributed by atoms with van der Waals surface area (Å²) >= 11 is 13.8. The maximum Gasteiger partial charge on any atom is 0.341 e. The number of benzene rings is 3. The van der Waals surface area contributed by atoms with Crippen molar-refractivity contribution in [2.75, 3.05) is 19.8 Å². The molecule has 0 radical (unpaired) electrons. The van der Waals surface area contributed by atoms with E-state index in [1.165, 1.54) is 16.7 Å². The lowest BCUT2D eigenvalue weighted by atomic mass is 9.93. The van der Waals surface area contributed by atoms with Crippen molar-refractivity contribution in [3.8, 4) is 11.5 Å². The highest BCUT2D eigenvalue weighted by Gasteiger charge is 2.35. The number of carbonyl (C=O) groups excluding carboxylic acids is 1. The van der Waals surface area contributed by atoms with Crippen LogP contribution in [0.25, 0.3) is 11.8 Å². The zero-order chi connectivity index (χ0) is 31.4. The molecular formula is C32H26Cl2N2O7S. The van der Waals surface area contributed by atoms with Crippen LogP contribution >= 0.6 is 34.5 Å². The van der Waals surface area contributed by atoms with Gasteiger partial charge in [0.1, 0.15) is 5.75 Å². The second kappa shape index (κ2) is 13.5. The molecule has 1 aliphatic rings. The first-order chi connectivity index (χ1) is 21.2. The van der Waals surface area contributed by atoms with Crippen LogP contribution in [0.2, 0.25) is 10.0 Å². The van der Waals surface area contributed by atoms with E-state index in [1.807, 2.05) is 49.4 Å². The van der Waals surface area contributed by atoms with E-state index in [1.54, 1.807) is 25.1 Å².